The topological polar surface area (TPSA) is 29.5 Å². The molecule has 2 aromatic carbocycles. The van der Waals surface area contributed by atoms with Gasteiger partial charge < -0.3 is 4.74 Å². The Morgan fingerprint density at radius 2 is 2.00 bits per heavy atom. The predicted octanol–water partition coefficient (Wildman–Crippen LogP) is 3.55. The second kappa shape index (κ2) is 6.63. The molecule has 114 valence electrons. The molecule has 1 heterocycles. The van der Waals surface area contributed by atoms with E-state index in [0.717, 1.165) is 17.6 Å². The largest absolute Gasteiger partial charge is 0.468 e. The van der Waals surface area contributed by atoms with Gasteiger partial charge in [0.25, 0.3) is 0 Å². The van der Waals surface area contributed by atoms with Crippen LogP contribution in [-0.2, 0) is 29.0 Å². The van der Waals surface area contributed by atoms with Crippen LogP contribution in [0.3, 0.4) is 0 Å². The Hall–Kier alpha value is -1.65. The smallest absolute Gasteiger partial charge is 0.323 e. The van der Waals surface area contributed by atoms with Crippen molar-refractivity contribution < 1.29 is 9.53 Å². The van der Waals surface area contributed by atoms with Gasteiger partial charge >= 0.3 is 5.97 Å². The van der Waals surface area contributed by atoms with Gasteiger partial charge in [-0.2, -0.15) is 0 Å². The summed E-state index contributed by atoms with van der Waals surface area (Å²) < 4.78 is 6.06. The van der Waals surface area contributed by atoms with Crippen LogP contribution < -0.4 is 0 Å². The van der Waals surface area contributed by atoms with E-state index < -0.39 is 0 Å². The highest BCUT2D eigenvalue weighted by Crippen LogP contribution is 2.26. The molecule has 1 aliphatic heterocycles. The number of benzene rings is 2. The van der Waals surface area contributed by atoms with Crippen LogP contribution in [0.4, 0.5) is 0 Å². The highest BCUT2D eigenvalue weighted by atomic mass is 79.9. The molecule has 0 amide bonds. The zero-order chi connectivity index (χ0) is 15.5. The van der Waals surface area contributed by atoms with E-state index in [1.165, 1.54) is 23.8 Å². The average Bonchev–Trinajstić information content (AvgIpc) is 2.53. The summed E-state index contributed by atoms with van der Waals surface area (Å²) in [6, 6.07) is 16.3. The van der Waals surface area contributed by atoms with Crippen molar-refractivity contribution in [2.45, 2.75) is 25.6 Å². The minimum atomic E-state index is -0.223. The van der Waals surface area contributed by atoms with Crippen LogP contribution in [0.2, 0.25) is 0 Å². The number of carbonyl (C=O) groups is 1. The monoisotopic (exact) mass is 359 g/mol. The van der Waals surface area contributed by atoms with Crippen LogP contribution in [0.25, 0.3) is 0 Å². The van der Waals surface area contributed by atoms with Crippen molar-refractivity contribution in [1.82, 2.24) is 4.90 Å². The van der Waals surface area contributed by atoms with Gasteiger partial charge in [-0.15, -0.1) is 0 Å². The van der Waals surface area contributed by atoms with E-state index in [-0.39, 0.29) is 12.0 Å². The molecule has 0 bridgehead atoms. The highest BCUT2D eigenvalue weighted by molar-refractivity contribution is 9.10. The van der Waals surface area contributed by atoms with Gasteiger partial charge in [0.05, 0.1) is 7.11 Å². The van der Waals surface area contributed by atoms with Crippen molar-refractivity contribution in [2.24, 2.45) is 0 Å². The molecule has 0 N–H and O–H groups in total. The Bertz CT molecular complexity index is 686. The first-order valence-corrected chi connectivity index (χ1v) is 8.10. The summed E-state index contributed by atoms with van der Waals surface area (Å²) in [5.74, 6) is -0.163. The molecule has 3 nitrogen and oxygen atoms in total. The summed E-state index contributed by atoms with van der Waals surface area (Å²) in [5.41, 5.74) is 3.71. The second-order valence-electron chi connectivity index (χ2n) is 5.55. The van der Waals surface area contributed by atoms with E-state index in [1.807, 2.05) is 18.2 Å². The molecule has 0 aliphatic carbocycles. The molecule has 0 fully saturated rings. The summed E-state index contributed by atoms with van der Waals surface area (Å²) in [7, 11) is 1.46. The molecule has 3 rings (SSSR count). The van der Waals surface area contributed by atoms with Crippen molar-refractivity contribution >= 4 is 21.9 Å². The van der Waals surface area contributed by atoms with Gasteiger partial charge in [-0.05, 0) is 35.2 Å². The Labute approximate surface area is 139 Å². The van der Waals surface area contributed by atoms with E-state index >= 15 is 0 Å². The maximum absolute atomic E-state index is 12.2. The first-order chi connectivity index (χ1) is 10.7. The average molecular weight is 360 g/mol. The van der Waals surface area contributed by atoms with Crippen LogP contribution >= 0.6 is 15.9 Å². The van der Waals surface area contributed by atoms with Crippen LogP contribution in [0.1, 0.15) is 16.7 Å². The van der Waals surface area contributed by atoms with Gasteiger partial charge in [0.1, 0.15) is 6.04 Å². The molecule has 0 saturated heterocycles. The van der Waals surface area contributed by atoms with Gasteiger partial charge in [0.2, 0.25) is 0 Å². The van der Waals surface area contributed by atoms with Crippen molar-refractivity contribution in [3.8, 4) is 0 Å². The zero-order valence-corrected chi connectivity index (χ0v) is 14.0. The third-order valence-corrected chi connectivity index (χ3v) is 4.59. The number of hydrogen-bond donors (Lipinski definition) is 0. The molecule has 4 heteroatoms. The van der Waals surface area contributed by atoms with Gasteiger partial charge in [-0.25, -0.2) is 0 Å². The summed E-state index contributed by atoms with van der Waals surface area (Å²) in [5, 5.41) is 0. The van der Waals surface area contributed by atoms with Gasteiger partial charge in [-0.1, -0.05) is 52.3 Å². The normalized spacial score (nSPS) is 17.8. The summed E-state index contributed by atoms with van der Waals surface area (Å²) in [6.45, 7) is 1.50. The number of nitrogens with zero attached hydrogens (tertiary/aromatic N) is 1. The van der Waals surface area contributed by atoms with Gasteiger partial charge in [0.15, 0.2) is 0 Å². The van der Waals surface area contributed by atoms with E-state index in [0.29, 0.717) is 6.42 Å². The number of ether oxygens (including phenoxy) is 1. The fourth-order valence-corrected chi connectivity index (χ4v) is 3.43. The molecule has 0 saturated carbocycles. The number of rotatable bonds is 3. The number of fused-ring (bicyclic) bond motifs is 1. The summed E-state index contributed by atoms with van der Waals surface area (Å²) in [4.78, 5) is 14.4. The van der Waals surface area contributed by atoms with Crippen molar-refractivity contribution in [3.63, 3.8) is 0 Å². The van der Waals surface area contributed by atoms with E-state index in [2.05, 4.69) is 51.2 Å². The van der Waals surface area contributed by atoms with Crippen LogP contribution in [0, 0.1) is 0 Å². The first-order valence-electron chi connectivity index (χ1n) is 7.30. The highest BCUT2D eigenvalue weighted by Gasteiger charge is 2.32. The van der Waals surface area contributed by atoms with E-state index in [9.17, 15) is 4.79 Å². The molecule has 1 atom stereocenters. The maximum Gasteiger partial charge on any atom is 0.323 e. The SMILES string of the molecule is COC(=O)C1Cc2ccccc2CN1Cc1cccc(Br)c1. The fourth-order valence-electron chi connectivity index (χ4n) is 2.98. The van der Waals surface area contributed by atoms with Crippen LogP contribution in [0.15, 0.2) is 53.0 Å². The van der Waals surface area contributed by atoms with Crippen LogP contribution in [0.5, 0.6) is 0 Å². The van der Waals surface area contributed by atoms with Gasteiger partial charge in [0, 0.05) is 17.6 Å². The number of halogens is 1. The quantitative estimate of drug-likeness (QED) is 0.784. The lowest BCUT2D eigenvalue weighted by Gasteiger charge is -2.35. The minimum absolute atomic E-state index is 0.163. The minimum Gasteiger partial charge on any atom is -0.468 e. The Morgan fingerprint density at radius 1 is 1.23 bits per heavy atom. The van der Waals surface area contributed by atoms with E-state index in [4.69, 9.17) is 4.74 Å². The van der Waals surface area contributed by atoms with Gasteiger partial charge in [-0.3, -0.25) is 9.69 Å². The lowest BCUT2D eigenvalue weighted by molar-refractivity contribution is -0.147. The molecule has 0 radical (unpaired) electrons. The maximum atomic E-state index is 12.2. The molecule has 2 aromatic rings. The lowest BCUT2D eigenvalue weighted by Crippen LogP contribution is -2.45. The predicted molar refractivity (Wildman–Crippen MR) is 89.3 cm³/mol. The third-order valence-electron chi connectivity index (χ3n) is 4.09. The number of carbonyl (C=O) groups excluding carboxylic acids is 1. The number of methoxy groups -OCH3 is 1. The lowest BCUT2D eigenvalue weighted by atomic mass is 9.93. The van der Waals surface area contributed by atoms with E-state index in [1.54, 1.807) is 0 Å². The fraction of sp³-hybridized carbons (Fsp3) is 0.278. The van der Waals surface area contributed by atoms with Crippen LogP contribution in [-0.4, -0.2) is 24.0 Å². The molecular weight excluding hydrogens is 342 g/mol. The molecule has 1 aliphatic rings. The van der Waals surface area contributed by atoms with Crippen molar-refractivity contribution in [3.05, 3.63) is 69.7 Å². The van der Waals surface area contributed by atoms with Crippen molar-refractivity contribution in [1.29, 1.82) is 0 Å². The Kier molecular flexibility index (Phi) is 4.60. The second-order valence-corrected chi connectivity index (χ2v) is 6.46. The Morgan fingerprint density at radius 3 is 2.73 bits per heavy atom. The number of esters is 1. The summed E-state index contributed by atoms with van der Waals surface area (Å²) >= 11 is 3.50. The zero-order valence-electron chi connectivity index (χ0n) is 12.5. The molecular formula is C18H18BrNO2. The molecule has 0 spiro atoms. The standard InChI is InChI=1S/C18H18BrNO2/c1-22-18(21)17-10-14-6-2-3-7-15(14)12-20(17)11-13-5-4-8-16(19)9-13/h2-9,17H,10-12H2,1H3. The molecule has 22 heavy (non-hydrogen) atoms. The van der Waals surface area contributed by atoms with Crippen molar-refractivity contribution in [2.75, 3.05) is 7.11 Å². The molecule has 0 aromatic heterocycles. The molecule has 1 unspecified atom stereocenters. The first kappa shape index (κ1) is 15.3. The third kappa shape index (κ3) is 3.23. The number of hydrogen-bond acceptors (Lipinski definition) is 3. The summed E-state index contributed by atoms with van der Waals surface area (Å²) in [6.07, 6.45) is 0.705. The Balaban J connectivity index is 1.88.